The first-order valence-electron chi connectivity index (χ1n) is 2.95. The molecule has 0 aromatic carbocycles. The maximum atomic E-state index is 11.6. The SMILES string of the molecule is O=S(=O)(NCC(O)CO)C(F)F. The van der Waals surface area contributed by atoms with Gasteiger partial charge >= 0.3 is 5.76 Å². The smallest absolute Gasteiger partial charge is 0.350 e. The van der Waals surface area contributed by atoms with Gasteiger partial charge in [0.05, 0.1) is 12.7 Å². The maximum absolute atomic E-state index is 11.6. The number of sulfonamides is 1. The van der Waals surface area contributed by atoms with E-state index in [1.807, 2.05) is 0 Å². The lowest BCUT2D eigenvalue weighted by Gasteiger charge is -2.08. The van der Waals surface area contributed by atoms with Crippen molar-refractivity contribution in [1.82, 2.24) is 4.72 Å². The fraction of sp³-hybridized carbons (Fsp3) is 1.00. The zero-order valence-electron chi connectivity index (χ0n) is 5.94. The molecule has 1 atom stereocenters. The van der Waals surface area contributed by atoms with Gasteiger partial charge in [-0.3, -0.25) is 0 Å². The lowest BCUT2D eigenvalue weighted by atomic mass is 10.4. The van der Waals surface area contributed by atoms with Crippen molar-refractivity contribution in [3.8, 4) is 0 Å². The summed E-state index contributed by atoms with van der Waals surface area (Å²) >= 11 is 0. The topological polar surface area (TPSA) is 86.6 Å². The molecular formula is C4H9F2NO4S. The molecule has 74 valence electrons. The van der Waals surface area contributed by atoms with Crippen molar-refractivity contribution < 1.29 is 27.4 Å². The molecule has 0 saturated carbocycles. The molecule has 0 radical (unpaired) electrons. The van der Waals surface area contributed by atoms with Gasteiger partial charge in [-0.2, -0.15) is 8.78 Å². The van der Waals surface area contributed by atoms with E-state index in [0.29, 0.717) is 0 Å². The van der Waals surface area contributed by atoms with E-state index in [1.165, 1.54) is 4.72 Å². The highest BCUT2D eigenvalue weighted by Gasteiger charge is 2.23. The summed E-state index contributed by atoms with van der Waals surface area (Å²) in [5.41, 5.74) is 0. The molecule has 0 rings (SSSR count). The van der Waals surface area contributed by atoms with Crippen molar-refractivity contribution in [2.24, 2.45) is 0 Å². The minimum Gasteiger partial charge on any atom is -0.394 e. The fourth-order valence-electron chi connectivity index (χ4n) is 0.340. The van der Waals surface area contributed by atoms with E-state index in [0.717, 1.165) is 0 Å². The first-order valence-corrected chi connectivity index (χ1v) is 4.50. The number of aliphatic hydroxyl groups is 2. The molecule has 0 aliphatic heterocycles. The molecule has 8 heteroatoms. The third-order valence-electron chi connectivity index (χ3n) is 0.965. The second kappa shape index (κ2) is 4.65. The van der Waals surface area contributed by atoms with Gasteiger partial charge in [0.25, 0.3) is 10.0 Å². The van der Waals surface area contributed by atoms with Gasteiger partial charge in [-0.15, -0.1) is 0 Å². The molecule has 0 spiro atoms. The third-order valence-corrected chi connectivity index (χ3v) is 2.00. The third kappa shape index (κ3) is 3.90. The van der Waals surface area contributed by atoms with E-state index in [9.17, 15) is 17.2 Å². The van der Waals surface area contributed by atoms with Crippen LogP contribution in [0.1, 0.15) is 0 Å². The minimum atomic E-state index is -4.66. The molecule has 0 fully saturated rings. The van der Waals surface area contributed by atoms with Gasteiger partial charge in [0.2, 0.25) is 0 Å². The summed E-state index contributed by atoms with van der Waals surface area (Å²) in [4.78, 5) is 0. The van der Waals surface area contributed by atoms with E-state index in [4.69, 9.17) is 10.2 Å². The average molecular weight is 205 g/mol. The monoisotopic (exact) mass is 205 g/mol. The number of aliphatic hydroxyl groups excluding tert-OH is 2. The Bertz CT molecular complexity index is 217. The average Bonchev–Trinajstić information content (AvgIpc) is 2.00. The van der Waals surface area contributed by atoms with Crippen molar-refractivity contribution in [2.75, 3.05) is 13.2 Å². The Morgan fingerprint density at radius 1 is 1.42 bits per heavy atom. The number of alkyl halides is 2. The summed E-state index contributed by atoms with van der Waals surface area (Å²) in [7, 11) is -4.66. The van der Waals surface area contributed by atoms with E-state index >= 15 is 0 Å². The predicted molar refractivity (Wildman–Crippen MR) is 36.0 cm³/mol. The van der Waals surface area contributed by atoms with E-state index in [1.54, 1.807) is 0 Å². The van der Waals surface area contributed by atoms with Crippen molar-refractivity contribution in [3.63, 3.8) is 0 Å². The largest absolute Gasteiger partial charge is 0.394 e. The van der Waals surface area contributed by atoms with Crippen LogP contribution in [0.2, 0.25) is 0 Å². The van der Waals surface area contributed by atoms with Gasteiger partial charge in [-0.05, 0) is 0 Å². The van der Waals surface area contributed by atoms with Crippen LogP contribution in [0.4, 0.5) is 8.78 Å². The predicted octanol–water partition coefficient (Wildman–Crippen LogP) is -1.52. The molecule has 0 aliphatic rings. The molecule has 0 aliphatic carbocycles. The van der Waals surface area contributed by atoms with Gasteiger partial charge in [-0.25, -0.2) is 13.1 Å². The van der Waals surface area contributed by atoms with E-state index < -0.39 is 35.0 Å². The Hall–Kier alpha value is -0.310. The van der Waals surface area contributed by atoms with Gasteiger partial charge in [0, 0.05) is 6.54 Å². The Morgan fingerprint density at radius 2 is 1.92 bits per heavy atom. The van der Waals surface area contributed by atoms with Crippen LogP contribution in [0.25, 0.3) is 0 Å². The lowest BCUT2D eigenvalue weighted by Crippen LogP contribution is -2.36. The standard InChI is InChI=1S/C4H9F2NO4S/c5-4(6)12(10,11)7-1-3(9)2-8/h3-4,7-9H,1-2H2. The molecule has 1 unspecified atom stereocenters. The fourth-order valence-corrected chi connectivity index (χ4v) is 0.891. The summed E-state index contributed by atoms with van der Waals surface area (Å²) in [5.74, 6) is -3.52. The van der Waals surface area contributed by atoms with Gasteiger partial charge in [0.1, 0.15) is 0 Å². The molecule has 0 heterocycles. The zero-order valence-corrected chi connectivity index (χ0v) is 6.76. The first kappa shape index (κ1) is 11.7. The second-order valence-corrected chi connectivity index (χ2v) is 3.73. The number of hydrogen-bond donors (Lipinski definition) is 3. The first-order chi connectivity index (χ1) is 5.40. The van der Waals surface area contributed by atoms with E-state index in [-0.39, 0.29) is 0 Å². The second-order valence-electron chi connectivity index (χ2n) is 1.99. The van der Waals surface area contributed by atoms with Crippen molar-refractivity contribution in [2.45, 2.75) is 11.9 Å². The summed E-state index contributed by atoms with van der Waals surface area (Å²) in [5, 5.41) is 16.8. The number of hydrogen-bond acceptors (Lipinski definition) is 4. The lowest BCUT2D eigenvalue weighted by molar-refractivity contribution is 0.0982. The molecule has 0 amide bonds. The highest BCUT2D eigenvalue weighted by molar-refractivity contribution is 7.89. The number of rotatable bonds is 5. The van der Waals surface area contributed by atoms with Crippen LogP contribution < -0.4 is 4.72 Å². The molecule has 3 N–H and O–H groups in total. The van der Waals surface area contributed by atoms with Crippen molar-refractivity contribution in [1.29, 1.82) is 0 Å². The van der Waals surface area contributed by atoms with Crippen LogP contribution in [0, 0.1) is 0 Å². The molecule has 5 nitrogen and oxygen atoms in total. The van der Waals surface area contributed by atoms with Crippen LogP contribution >= 0.6 is 0 Å². The highest BCUT2D eigenvalue weighted by atomic mass is 32.2. The van der Waals surface area contributed by atoms with Gasteiger partial charge in [0.15, 0.2) is 0 Å². The van der Waals surface area contributed by atoms with Crippen LogP contribution in [0.15, 0.2) is 0 Å². The normalized spacial score (nSPS) is 15.1. The van der Waals surface area contributed by atoms with Gasteiger partial charge < -0.3 is 10.2 Å². The van der Waals surface area contributed by atoms with Crippen molar-refractivity contribution in [3.05, 3.63) is 0 Å². The number of halogens is 2. The van der Waals surface area contributed by atoms with Crippen LogP contribution in [0.3, 0.4) is 0 Å². The highest BCUT2D eigenvalue weighted by Crippen LogP contribution is 2.00. The van der Waals surface area contributed by atoms with Gasteiger partial charge in [-0.1, -0.05) is 0 Å². The maximum Gasteiger partial charge on any atom is 0.350 e. The Morgan fingerprint density at radius 3 is 2.25 bits per heavy atom. The molecule has 0 bridgehead atoms. The van der Waals surface area contributed by atoms with E-state index in [2.05, 4.69) is 0 Å². The Balaban J connectivity index is 3.94. The zero-order chi connectivity index (χ0) is 9.78. The molecule has 0 aromatic rings. The molecular weight excluding hydrogens is 196 g/mol. The van der Waals surface area contributed by atoms with Crippen LogP contribution in [-0.4, -0.2) is 43.6 Å². The van der Waals surface area contributed by atoms with Crippen LogP contribution in [0.5, 0.6) is 0 Å². The molecule has 0 saturated heterocycles. The van der Waals surface area contributed by atoms with Crippen LogP contribution in [-0.2, 0) is 10.0 Å². The minimum absolute atomic E-state index is 0.622. The Labute approximate surface area is 68.1 Å². The summed E-state index contributed by atoms with van der Waals surface area (Å²) in [6.45, 7) is -1.31. The van der Waals surface area contributed by atoms with Crippen molar-refractivity contribution >= 4 is 10.0 Å². The Kier molecular flexibility index (Phi) is 4.53. The quantitative estimate of drug-likeness (QED) is 0.509. The summed E-state index contributed by atoms with van der Waals surface area (Å²) in [6, 6.07) is 0. The molecule has 0 aromatic heterocycles. The summed E-state index contributed by atoms with van der Waals surface area (Å²) < 4.78 is 45.2. The molecule has 12 heavy (non-hydrogen) atoms. The number of nitrogens with one attached hydrogen (secondary N) is 1. The summed E-state index contributed by atoms with van der Waals surface area (Å²) in [6.07, 6.45) is -1.36.